The summed E-state index contributed by atoms with van der Waals surface area (Å²) in [5.41, 5.74) is 6.77. The molecule has 2 aliphatic rings. The van der Waals surface area contributed by atoms with Crippen molar-refractivity contribution in [2.75, 3.05) is 26.9 Å². The highest BCUT2D eigenvalue weighted by Gasteiger charge is 2.26. The number of nitrogens with one attached hydrogen (secondary N) is 3. The number of hydrogen-bond acceptors (Lipinski definition) is 7. The van der Waals surface area contributed by atoms with E-state index in [9.17, 15) is 19.8 Å². The van der Waals surface area contributed by atoms with Gasteiger partial charge in [-0.2, -0.15) is 0 Å². The minimum atomic E-state index is -0.805. The van der Waals surface area contributed by atoms with Crippen LogP contribution in [0.4, 0.5) is 0 Å². The van der Waals surface area contributed by atoms with Gasteiger partial charge < -0.3 is 31.3 Å². The lowest BCUT2D eigenvalue weighted by molar-refractivity contribution is -0.843. The van der Waals surface area contributed by atoms with Gasteiger partial charge in [0, 0.05) is 39.0 Å². The number of aromatic hydroxyl groups is 1. The van der Waals surface area contributed by atoms with E-state index in [1.54, 1.807) is 25.2 Å². The van der Waals surface area contributed by atoms with Crippen LogP contribution in [-0.2, 0) is 16.0 Å². The van der Waals surface area contributed by atoms with Crippen molar-refractivity contribution >= 4 is 17.5 Å². The van der Waals surface area contributed by atoms with Crippen LogP contribution in [0.5, 0.6) is 11.5 Å². The Morgan fingerprint density at radius 2 is 1.97 bits per heavy atom. The molecule has 3 unspecified atom stereocenters. The first-order valence-corrected chi connectivity index (χ1v) is 14.3. The van der Waals surface area contributed by atoms with E-state index in [0.717, 1.165) is 57.3 Å². The number of benzene rings is 1. The van der Waals surface area contributed by atoms with Crippen LogP contribution in [0, 0.1) is 5.92 Å². The van der Waals surface area contributed by atoms with Crippen LogP contribution in [0.3, 0.4) is 0 Å². The van der Waals surface area contributed by atoms with Gasteiger partial charge in [0.05, 0.1) is 24.8 Å². The highest BCUT2D eigenvalue weighted by Crippen LogP contribution is 2.32. The number of ketones is 2. The second kappa shape index (κ2) is 16.1. The van der Waals surface area contributed by atoms with Crippen LogP contribution in [0.15, 0.2) is 35.6 Å². The smallest absolute Gasteiger partial charge is 0.188 e. The number of phenolic OH excluding ortho intramolecular Hbond substituents is 1. The Kier molecular flexibility index (Phi) is 12.6. The molecule has 1 aliphatic heterocycles. The third-order valence-electron chi connectivity index (χ3n) is 7.62. The summed E-state index contributed by atoms with van der Waals surface area (Å²) in [6, 6.07) is 5.24. The van der Waals surface area contributed by atoms with Crippen molar-refractivity contribution in [3.8, 4) is 11.5 Å². The Hall–Kier alpha value is -3.11. The van der Waals surface area contributed by atoms with Gasteiger partial charge in [-0.05, 0) is 69.1 Å². The molecule has 10 heteroatoms. The maximum absolute atomic E-state index is 13.0. The van der Waals surface area contributed by atoms with Crippen molar-refractivity contribution < 1.29 is 29.4 Å². The largest absolute Gasteiger partial charge is 0.504 e. The van der Waals surface area contributed by atoms with Crippen LogP contribution in [0.25, 0.3) is 0 Å². The van der Waals surface area contributed by atoms with Crippen molar-refractivity contribution in [1.29, 1.82) is 0 Å². The van der Waals surface area contributed by atoms with E-state index in [4.69, 9.17) is 10.5 Å². The van der Waals surface area contributed by atoms with E-state index in [2.05, 4.69) is 21.8 Å². The van der Waals surface area contributed by atoms with E-state index in [1.807, 2.05) is 6.20 Å². The van der Waals surface area contributed by atoms with Gasteiger partial charge in [-0.25, -0.2) is 0 Å². The van der Waals surface area contributed by atoms with Gasteiger partial charge in [-0.15, -0.1) is 0 Å². The second-order valence-corrected chi connectivity index (χ2v) is 10.6. The van der Waals surface area contributed by atoms with Crippen molar-refractivity contribution in [1.82, 2.24) is 10.6 Å². The molecule has 39 heavy (non-hydrogen) atoms. The van der Waals surface area contributed by atoms with Gasteiger partial charge in [0.25, 0.3) is 0 Å². The first kappa shape index (κ1) is 30.4. The first-order chi connectivity index (χ1) is 18.9. The molecule has 1 aromatic carbocycles. The number of phenols is 1. The normalized spacial score (nSPS) is 19.0. The molecule has 10 nitrogen and oxygen atoms in total. The van der Waals surface area contributed by atoms with E-state index in [1.165, 1.54) is 4.90 Å². The Morgan fingerprint density at radius 1 is 1.21 bits per heavy atom. The molecule has 1 aromatic rings. The number of aryl methyl sites for hydroxylation is 1. The number of ether oxygens (including phenoxy) is 1. The summed E-state index contributed by atoms with van der Waals surface area (Å²) in [6.45, 7) is 1.56. The van der Waals surface area contributed by atoms with Crippen molar-refractivity contribution in [2.45, 2.75) is 82.8 Å². The molecule has 0 radical (unpaired) electrons. The second-order valence-electron chi connectivity index (χ2n) is 10.6. The van der Waals surface area contributed by atoms with Gasteiger partial charge in [0.1, 0.15) is 17.8 Å². The molecule has 1 fully saturated rings. The minimum Gasteiger partial charge on any atom is -0.504 e. The molecular weight excluding hydrogens is 498 g/mol. The van der Waals surface area contributed by atoms with Gasteiger partial charge in [0.15, 0.2) is 24.1 Å². The van der Waals surface area contributed by atoms with Gasteiger partial charge in [0.2, 0.25) is 0 Å². The van der Waals surface area contributed by atoms with Crippen molar-refractivity contribution in [2.24, 2.45) is 16.6 Å². The number of aliphatic hydroxyl groups is 1. The van der Waals surface area contributed by atoms with Crippen molar-refractivity contribution in [3.63, 3.8) is 0 Å². The third-order valence-corrected chi connectivity index (χ3v) is 7.62. The highest BCUT2D eigenvalue weighted by molar-refractivity contribution is 6.02. The maximum atomic E-state index is 13.0. The summed E-state index contributed by atoms with van der Waals surface area (Å²) in [4.78, 5) is 31.4. The lowest BCUT2D eigenvalue weighted by Crippen LogP contribution is -3.07. The highest BCUT2D eigenvalue weighted by atomic mass is 16.5. The number of rotatable bonds is 17. The number of nitrogens with two attached hydrogens (primary N) is 1. The van der Waals surface area contributed by atoms with Crippen molar-refractivity contribution in [3.05, 3.63) is 36.2 Å². The SMILES string of the molecule is CN=C(N)NC(CCCC(=O)C(CCO)C(=O)CCc1ccc(O)c(OC2CCCC2)c1)CC[NH+]1C=CNC1. The molecule has 1 saturated carbocycles. The monoisotopic (exact) mass is 544 g/mol. The summed E-state index contributed by atoms with van der Waals surface area (Å²) in [5.74, 6) is -0.172. The third kappa shape index (κ3) is 10.2. The number of nitrogens with zero attached hydrogens (tertiary/aromatic N) is 1. The Morgan fingerprint density at radius 3 is 2.67 bits per heavy atom. The molecule has 0 bridgehead atoms. The summed E-state index contributed by atoms with van der Waals surface area (Å²) < 4.78 is 5.97. The van der Waals surface area contributed by atoms with Crippen LogP contribution in [0.2, 0.25) is 0 Å². The molecule has 3 rings (SSSR count). The van der Waals surface area contributed by atoms with E-state index in [-0.39, 0.29) is 55.3 Å². The summed E-state index contributed by atoms with van der Waals surface area (Å²) in [5, 5.41) is 26.1. The van der Waals surface area contributed by atoms with Gasteiger partial charge in [-0.1, -0.05) is 6.07 Å². The molecule has 3 atom stereocenters. The van der Waals surface area contributed by atoms with Crippen LogP contribution in [-0.4, -0.2) is 66.8 Å². The van der Waals surface area contributed by atoms with Crippen LogP contribution >= 0.6 is 0 Å². The zero-order valence-corrected chi connectivity index (χ0v) is 23.2. The van der Waals surface area contributed by atoms with E-state index < -0.39 is 5.92 Å². The number of guanidine groups is 1. The van der Waals surface area contributed by atoms with Crippen LogP contribution < -0.4 is 26.0 Å². The number of quaternary nitrogens is 1. The Bertz CT molecular complexity index is 992. The molecule has 0 amide bonds. The van der Waals surface area contributed by atoms with E-state index >= 15 is 0 Å². The number of aliphatic hydroxyl groups excluding tert-OH is 1. The summed E-state index contributed by atoms with van der Waals surface area (Å²) in [6.07, 6.45) is 11.6. The van der Waals surface area contributed by atoms with Gasteiger partial charge in [-0.3, -0.25) is 19.5 Å². The molecule has 1 heterocycles. The predicted octanol–water partition coefficient (Wildman–Crippen LogP) is 1.16. The molecular formula is C29H46N5O5+. The molecule has 7 N–H and O–H groups in total. The molecule has 1 aliphatic carbocycles. The summed E-state index contributed by atoms with van der Waals surface area (Å²) in [7, 11) is 1.63. The molecule has 0 spiro atoms. The minimum absolute atomic E-state index is 0.0742. The zero-order chi connectivity index (χ0) is 28.0. The standard InChI is InChI=1S/C29H45N5O5/c1-31-29(30)33-22(13-16-34-17-15-32-20-34)5-4-8-25(36)24(14-18-35)26(37)11-9-21-10-12-27(38)28(19-21)39-23-6-2-3-7-23/h10,12,15,17,19,22-24,32,35,38H,2-9,11,13-14,16,18,20H2,1H3,(H3,30,31,33)/p+1. The average molecular weight is 545 g/mol. The van der Waals surface area contributed by atoms with E-state index in [0.29, 0.717) is 24.6 Å². The lowest BCUT2D eigenvalue weighted by Gasteiger charge is -2.21. The number of Topliss-reactive ketones (excluding diaryl/α,β-unsaturated/α-hetero) is 2. The number of carbonyl (C=O) groups is 2. The Balaban J connectivity index is 1.49. The Labute approximate surface area is 231 Å². The predicted molar refractivity (Wildman–Crippen MR) is 150 cm³/mol. The number of aliphatic imine (C=N–C) groups is 1. The fourth-order valence-electron chi connectivity index (χ4n) is 5.28. The first-order valence-electron chi connectivity index (χ1n) is 14.3. The quantitative estimate of drug-likeness (QED) is 0.0972. The number of hydrogen-bond donors (Lipinski definition) is 6. The summed E-state index contributed by atoms with van der Waals surface area (Å²) >= 11 is 0. The molecule has 0 aromatic heterocycles. The lowest BCUT2D eigenvalue weighted by atomic mass is 9.89. The average Bonchev–Trinajstić information content (AvgIpc) is 3.65. The molecule has 0 saturated heterocycles. The van der Waals surface area contributed by atoms with Crippen LogP contribution in [0.1, 0.15) is 69.8 Å². The number of carbonyl (C=O) groups excluding carboxylic acids is 2. The fraction of sp³-hybridized carbons (Fsp3) is 0.621. The topological polar surface area (TPSA) is 151 Å². The zero-order valence-electron chi connectivity index (χ0n) is 23.2. The molecule has 216 valence electrons. The van der Waals surface area contributed by atoms with Gasteiger partial charge >= 0.3 is 0 Å². The fourth-order valence-corrected chi connectivity index (χ4v) is 5.28. The maximum Gasteiger partial charge on any atom is 0.188 e.